The highest BCUT2D eigenvalue weighted by atomic mass is 32.2. The number of hydrogen-bond donors (Lipinski definition) is 2. The maximum absolute atomic E-state index is 12.3. The van der Waals surface area contributed by atoms with Gasteiger partial charge in [0.05, 0.1) is 23.9 Å². The van der Waals surface area contributed by atoms with Gasteiger partial charge in [-0.25, -0.2) is 10.4 Å². The van der Waals surface area contributed by atoms with Crippen molar-refractivity contribution in [2.75, 3.05) is 6.61 Å². The fourth-order valence-corrected chi connectivity index (χ4v) is 3.25. The van der Waals surface area contributed by atoms with Crippen LogP contribution in [0.2, 0.25) is 0 Å². The smallest absolute Gasteiger partial charge is 0.271 e. The average molecular weight is 382 g/mol. The lowest BCUT2D eigenvalue weighted by Crippen LogP contribution is -2.17. The molecule has 0 unspecified atom stereocenters. The predicted molar refractivity (Wildman–Crippen MR) is 110 cm³/mol. The Morgan fingerprint density at radius 2 is 2.19 bits per heavy atom. The van der Waals surface area contributed by atoms with Gasteiger partial charge < -0.3 is 9.72 Å². The van der Waals surface area contributed by atoms with Crippen molar-refractivity contribution in [3.8, 4) is 5.75 Å². The molecule has 0 spiro atoms. The zero-order chi connectivity index (χ0) is 19.2. The Bertz CT molecular complexity index is 966. The zero-order valence-corrected chi connectivity index (χ0v) is 16.3. The largest absolute Gasteiger partial charge is 0.494 e. The summed E-state index contributed by atoms with van der Waals surface area (Å²) in [5, 5.41) is 5.32. The number of hydrazone groups is 1. The Morgan fingerprint density at radius 1 is 1.33 bits per heavy atom. The van der Waals surface area contributed by atoms with Crippen molar-refractivity contribution in [3.63, 3.8) is 0 Å². The number of rotatable bonds is 7. The molecule has 3 aromatic rings. The lowest BCUT2D eigenvalue weighted by molar-refractivity contribution is 0.0955. The summed E-state index contributed by atoms with van der Waals surface area (Å²) in [5.74, 6) is 0.495. The lowest BCUT2D eigenvalue weighted by atomic mass is 10.2. The van der Waals surface area contributed by atoms with Crippen LogP contribution in [0.1, 0.15) is 36.7 Å². The molecule has 0 saturated carbocycles. The summed E-state index contributed by atoms with van der Waals surface area (Å²) in [5.41, 5.74) is 5.59. The molecule has 0 aliphatic carbocycles. The molecule has 0 radical (unpaired) electrons. The number of benzene rings is 2. The number of thioether (sulfide) groups is 1. The number of fused-ring (bicyclic) bond motifs is 1. The number of carbonyl (C=O) groups is 1. The van der Waals surface area contributed by atoms with Crippen LogP contribution in [0.3, 0.4) is 0 Å². The first-order valence-corrected chi connectivity index (χ1v) is 9.66. The minimum Gasteiger partial charge on any atom is -0.494 e. The van der Waals surface area contributed by atoms with Crippen molar-refractivity contribution in [2.45, 2.75) is 31.2 Å². The SMILES string of the molecule is CCOc1cccc(/C=N\NC(=O)c2ccc3nc(SC(C)C)[nH]c3c2)c1. The number of hydrogen-bond acceptors (Lipinski definition) is 5. The Morgan fingerprint density at radius 3 is 2.96 bits per heavy atom. The second kappa shape index (κ2) is 8.73. The Kier molecular flexibility index (Phi) is 6.13. The van der Waals surface area contributed by atoms with E-state index in [4.69, 9.17) is 4.74 Å². The minimum atomic E-state index is -0.276. The van der Waals surface area contributed by atoms with Gasteiger partial charge in [-0.2, -0.15) is 5.10 Å². The van der Waals surface area contributed by atoms with Crippen LogP contribution in [0.5, 0.6) is 5.75 Å². The average Bonchev–Trinajstić information content (AvgIpc) is 3.02. The fraction of sp³-hybridized carbons (Fsp3) is 0.250. The Hall–Kier alpha value is -2.80. The maximum atomic E-state index is 12.3. The number of nitrogens with zero attached hydrogens (tertiary/aromatic N) is 2. The van der Waals surface area contributed by atoms with Gasteiger partial charge in [0, 0.05) is 10.8 Å². The molecule has 2 N–H and O–H groups in total. The van der Waals surface area contributed by atoms with Crippen molar-refractivity contribution < 1.29 is 9.53 Å². The van der Waals surface area contributed by atoms with E-state index < -0.39 is 0 Å². The van der Waals surface area contributed by atoms with Gasteiger partial charge in [-0.1, -0.05) is 37.7 Å². The highest BCUT2D eigenvalue weighted by Gasteiger charge is 2.09. The van der Waals surface area contributed by atoms with Crippen LogP contribution in [-0.4, -0.2) is 33.9 Å². The number of imidazole rings is 1. The van der Waals surface area contributed by atoms with Gasteiger partial charge in [-0.05, 0) is 42.8 Å². The molecule has 27 heavy (non-hydrogen) atoms. The van der Waals surface area contributed by atoms with Crippen molar-refractivity contribution >= 4 is 34.9 Å². The van der Waals surface area contributed by atoms with Gasteiger partial charge >= 0.3 is 0 Å². The second-order valence-corrected chi connectivity index (χ2v) is 7.71. The van der Waals surface area contributed by atoms with Gasteiger partial charge in [-0.15, -0.1) is 0 Å². The number of aromatic amines is 1. The maximum Gasteiger partial charge on any atom is 0.271 e. The van der Waals surface area contributed by atoms with E-state index in [2.05, 4.69) is 34.3 Å². The molecule has 3 rings (SSSR count). The number of amides is 1. The second-order valence-electron chi connectivity index (χ2n) is 6.15. The monoisotopic (exact) mass is 382 g/mol. The number of ether oxygens (including phenoxy) is 1. The summed E-state index contributed by atoms with van der Waals surface area (Å²) >= 11 is 1.65. The first kappa shape index (κ1) is 19.0. The van der Waals surface area contributed by atoms with Crippen LogP contribution in [-0.2, 0) is 0 Å². The summed E-state index contributed by atoms with van der Waals surface area (Å²) in [6.07, 6.45) is 1.59. The van der Waals surface area contributed by atoms with E-state index in [9.17, 15) is 4.79 Å². The molecule has 1 heterocycles. The van der Waals surface area contributed by atoms with Crippen molar-refractivity contribution in [3.05, 3.63) is 53.6 Å². The van der Waals surface area contributed by atoms with Gasteiger partial charge in [0.2, 0.25) is 0 Å². The van der Waals surface area contributed by atoms with E-state index in [1.54, 1.807) is 30.1 Å². The highest BCUT2D eigenvalue weighted by Crippen LogP contribution is 2.23. The normalized spacial score (nSPS) is 11.4. The number of carbonyl (C=O) groups excluding carboxylic acids is 1. The molecule has 1 amide bonds. The van der Waals surface area contributed by atoms with Crippen LogP contribution >= 0.6 is 11.8 Å². The Balaban J connectivity index is 1.67. The summed E-state index contributed by atoms with van der Waals surface area (Å²) in [7, 11) is 0. The van der Waals surface area contributed by atoms with E-state index in [0.717, 1.165) is 27.5 Å². The molecule has 1 aromatic heterocycles. The molecule has 140 valence electrons. The molecule has 0 bridgehead atoms. The molecule has 0 fully saturated rings. The molecule has 7 heteroatoms. The quantitative estimate of drug-likeness (QED) is 0.364. The summed E-state index contributed by atoms with van der Waals surface area (Å²) in [6.45, 7) is 6.75. The van der Waals surface area contributed by atoms with Crippen LogP contribution < -0.4 is 10.2 Å². The molecule has 6 nitrogen and oxygen atoms in total. The number of aromatic nitrogens is 2. The van der Waals surface area contributed by atoms with E-state index in [1.807, 2.05) is 37.3 Å². The van der Waals surface area contributed by atoms with Gasteiger partial charge in [-0.3, -0.25) is 4.79 Å². The minimum absolute atomic E-state index is 0.276. The summed E-state index contributed by atoms with van der Waals surface area (Å²) in [4.78, 5) is 20.1. The first-order valence-electron chi connectivity index (χ1n) is 8.78. The van der Waals surface area contributed by atoms with Gasteiger partial charge in [0.1, 0.15) is 5.75 Å². The lowest BCUT2D eigenvalue weighted by Gasteiger charge is -2.03. The predicted octanol–water partition coefficient (Wildman–Crippen LogP) is 4.23. The van der Waals surface area contributed by atoms with Crippen molar-refractivity contribution in [2.24, 2.45) is 5.10 Å². The molecule has 0 atom stereocenters. The summed E-state index contributed by atoms with van der Waals surface area (Å²) in [6, 6.07) is 12.9. The van der Waals surface area contributed by atoms with Crippen LogP contribution in [0, 0.1) is 0 Å². The third-order valence-corrected chi connectivity index (χ3v) is 4.51. The van der Waals surface area contributed by atoms with Crippen LogP contribution in [0.25, 0.3) is 11.0 Å². The standard InChI is InChI=1S/C20H22N4O2S/c1-4-26-16-7-5-6-14(10-16)12-21-24-19(25)15-8-9-17-18(11-15)23-20(22-17)27-13(2)3/h5-13H,4H2,1-3H3,(H,22,23)(H,24,25)/b21-12-. The molecule has 2 aromatic carbocycles. The van der Waals surface area contributed by atoms with E-state index in [-0.39, 0.29) is 5.91 Å². The Labute approximate surface area is 162 Å². The number of H-pyrrole nitrogens is 1. The third kappa shape index (κ3) is 5.10. The molecule has 0 aliphatic rings. The van der Waals surface area contributed by atoms with Gasteiger partial charge in [0.25, 0.3) is 5.91 Å². The van der Waals surface area contributed by atoms with E-state index >= 15 is 0 Å². The molecule has 0 saturated heterocycles. The summed E-state index contributed by atoms with van der Waals surface area (Å²) < 4.78 is 5.45. The fourth-order valence-electron chi connectivity index (χ4n) is 2.49. The van der Waals surface area contributed by atoms with Crippen LogP contribution in [0.4, 0.5) is 0 Å². The number of nitrogens with one attached hydrogen (secondary N) is 2. The molecule has 0 aliphatic heterocycles. The zero-order valence-electron chi connectivity index (χ0n) is 15.5. The first-order chi connectivity index (χ1) is 13.0. The van der Waals surface area contributed by atoms with E-state index in [0.29, 0.717) is 17.4 Å². The van der Waals surface area contributed by atoms with Crippen LogP contribution in [0.15, 0.2) is 52.7 Å². The molecular formula is C20H22N4O2S. The topological polar surface area (TPSA) is 79.4 Å². The van der Waals surface area contributed by atoms with Crippen molar-refractivity contribution in [1.82, 2.24) is 15.4 Å². The van der Waals surface area contributed by atoms with Crippen molar-refractivity contribution in [1.29, 1.82) is 0 Å². The third-order valence-electron chi connectivity index (χ3n) is 3.62. The van der Waals surface area contributed by atoms with Gasteiger partial charge in [0.15, 0.2) is 5.16 Å². The molecular weight excluding hydrogens is 360 g/mol. The highest BCUT2D eigenvalue weighted by molar-refractivity contribution is 7.99. The van der Waals surface area contributed by atoms with E-state index in [1.165, 1.54) is 0 Å².